The van der Waals surface area contributed by atoms with Crippen LogP contribution in [0.5, 0.6) is 5.75 Å². The number of aromatic nitrogens is 2. The van der Waals surface area contributed by atoms with Crippen molar-refractivity contribution in [1.29, 1.82) is 0 Å². The summed E-state index contributed by atoms with van der Waals surface area (Å²) >= 11 is 0. The van der Waals surface area contributed by atoms with E-state index < -0.39 is 0 Å². The van der Waals surface area contributed by atoms with E-state index in [-0.39, 0.29) is 11.4 Å². The van der Waals surface area contributed by atoms with Gasteiger partial charge in [0, 0.05) is 23.1 Å². The third-order valence-corrected chi connectivity index (χ3v) is 4.88. The zero-order valence-electron chi connectivity index (χ0n) is 18.1. The molecule has 0 bridgehead atoms. The van der Waals surface area contributed by atoms with Crippen molar-refractivity contribution >= 4 is 5.91 Å². The highest BCUT2D eigenvalue weighted by atomic mass is 16.5. The van der Waals surface area contributed by atoms with Crippen LogP contribution in [-0.4, -0.2) is 34.8 Å². The van der Waals surface area contributed by atoms with E-state index in [2.05, 4.69) is 15.5 Å². The standard InChI is InChI=1S/C24H30N4O3/c1-24(2,15-16-25)26-22(29)18-11-13-19(14-12-18)23-28-27-21(31-23)10-6-7-17-30-20-8-4-3-5-9-20/h3-5,8-9,11-14H,6-7,10,15-17,25H2,1-2H3,(H,26,29). The van der Waals surface area contributed by atoms with Gasteiger partial charge in [0.25, 0.3) is 5.91 Å². The number of hydrogen-bond donors (Lipinski definition) is 2. The monoisotopic (exact) mass is 422 g/mol. The molecule has 0 unspecified atom stereocenters. The van der Waals surface area contributed by atoms with Gasteiger partial charge in [-0.15, -0.1) is 10.2 Å². The zero-order chi connectivity index (χ0) is 22.1. The van der Waals surface area contributed by atoms with Crippen LogP contribution < -0.4 is 15.8 Å². The molecule has 0 spiro atoms. The number of amides is 1. The Morgan fingerprint density at radius 3 is 2.52 bits per heavy atom. The second-order valence-electron chi connectivity index (χ2n) is 8.07. The number of nitrogens with zero attached hydrogens (tertiary/aromatic N) is 2. The maximum Gasteiger partial charge on any atom is 0.251 e. The van der Waals surface area contributed by atoms with E-state index in [1.807, 2.05) is 56.3 Å². The lowest BCUT2D eigenvalue weighted by molar-refractivity contribution is 0.0910. The molecule has 0 aliphatic heterocycles. The molecule has 0 fully saturated rings. The fourth-order valence-electron chi connectivity index (χ4n) is 3.12. The lowest BCUT2D eigenvalue weighted by Gasteiger charge is -2.25. The molecular formula is C24H30N4O3. The Kier molecular flexibility index (Phi) is 7.78. The molecule has 0 aliphatic carbocycles. The van der Waals surface area contributed by atoms with Gasteiger partial charge in [0.2, 0.25) is 11.8 Å². The molecule has 31 heavy (non-hydrogen) atoms. The summed E-state index contributed by atoms with van der Waals surface area (Å²) in [5.41, 5.74) is 6.61. The number of ether oxygens (including phenoxy) is 1. The van der Waals surface area contributed by atoms with Crippen LogP contribution in [0.15, 0.2) is 59.0 Å². The van der Waals surface area contributed by atoms with Crippen LogP contribution in [0.4, 0.5) is 0 Å². The summed E-state index contributed by atoms with van der Waals surface area (Å²) in [7, 11) is 0. The number of unbranched alkanes of at least 4 members (excludes halogenated alkanes) is 1. The Hall–Kier alpha value is -3.19. The van der Waals surface area contributed by atoms with Crippen molar-refractivity contribution < 1.29 is 13.9 Å². The van der Waals surface area contributed by atoms with Gasteiger partial charge in [0.1, 0.15) is 5.75 Å². The van der Waals surface area contributed by atoms with Crippen LogP contribution in [0.2, 0.25) is 0 Å². The highest BCUT2D eigenvalue weighted by Gasteiger charge is 2.20. The lowest BCUT2D eigenvalue weighted by atomic mass is 10.00. The van der Waals surface area contributed by atoms with Crippen LogP contribution in [0, 0.1) is 0 Å². The van der Waals surface area contributed by atoms with Crippen LogP contribution in [0.25, 0.3) is 11.5 Å². The number of carbonyl (C=O) groups excluding carboxylic acids is 1. The van der Waals surface area contributed by atoms with Gasteiger partial charge in [-0.25, -0.2) is 0 Å². The third kappa shape index (κ3) is 6.93. The molecule has 3 rings (SSSR count). The summed E-state index contributed by atoms with van der Waals surface area (Å²) < 4.78 is 11.5. The molecule has 0 saturated heterocycles. The van der Waals surface area contributed by atoms with Gasteiger partial charge in [-0.2, -0.15) is 0 Å². The summed E-state index contributed by atoms with van der Waals surface area (Å²) in [4.78, 5) is 12.4. The summed E-state index contributed by atoms with van der Waals surface area (Å²) in [6.07, 6.45) is 3.20. The zero-order valence-corrected chi connectivity index (χ0v) is 18.1. The van der Waals surface area contributed by atoms with Crippen LogP contribution >= 0.6 is 0 Å². The molecule has 2 aromatic carbocycles. The third-order valence-electron chi connectivity index (χ3n) is 4.88. The van der Waals surface area contributed by atoms with Crippen molar-refractivity contribution in [3.8, 4) is 17.2 Å². The predicted molar refractivity (Wildman–Crippen MR) is 120 cm³/mol. The summed E-state index contributed by atoms with van der Waals surface area (Å²) in [5.74, 6) is 1.79. The molecule has 0 aliphatic rings. The van der Waals surface area contributed by atoms with E-state index in [1.165, 1.54) is 0 Å². The van der Waals surface area contributed by atoms with Crippen molar-refractivity contribution in [3.05, 3.63) is 66.1 Å². The number of nitrogens with two attached hydrogens (primary N) is 1. The Bertz CT molecular complexity index is 952. The van der Waals surface area contributed by atoms with E-state index in [0.29, 0.717) is 43.3 Å². The van der Waals surface area contributed by atoms with Crippen molar-refractivity contribution in [2.45, 2.75) is 45.1 Å². The first-order valence-corrected chi connectivity index (χ1v) is 10.6. The maximum atomic E-state index is 12.4. The van der Waals surface area contributed by atoms with E-state index >= 15 is 0 Å². The smallest absolute Gasteiger partial charge is 0.251 e. The molecule has 3 N–H and O–H groups in total. The van der Waals surface area contributed by atoms with E-state index in [4.69, 9.17) is 14.9 Å². The molecule has 3 aromatic rings. The van der Waals surface area contributed by atoms with Gasteiger partial charge < -0.3 is 20.2 Å². The number of para-hydroxylation sites is 1. The topological polar surface area (TPSA) is 103 Å². The minimum absolute atomic E-state index is 0.131. The molecule has 1 aromatic heterocycles. The van der Waals surface area contributed by atoms with Gasteiger partial charge in [-0.05, 0) is 76.1 Å². The van der Waals surface area contributed by atoms with Gasteiger partial charge in [-0.1, -0.05) is 18.2 Å². The quantitative estimate of drug-likeness (QED) is 0.453. The molecule has 0 radical (unpaired) electrons. The van der Waals surface area contributed by atoms with Crippen LogP contribution in [0.3, 0.4) is 0 Å². The first-order chi connectivity index (χ1) is 15.0. The largest absolute Gasteiger partial charge is 0.494 e. The van der Waals surface area contributed by atoms with E-state index in [9.17, 15) is 4.79 Å². The summed E-state index contributed by atoms with van der Waals surface area (Å²) in [6.45, 7) is 5.09. The number of aryl methyl sites for hydroxylation is 1. The fourth-order valence-corrected chi connectivity index (χ4v) is 3.12. The van der Waals surface area contributed by atoms with E-state index in [1.54, 1.807) is 12.1 Å². The Balaban J connectivity index is 1.47. The highest BCUT2D eigenvalue weighted by Crippen LogP contribution is 2.20. The summed E-state index contributed by atoms with van der Waals surface area (Å²) in [6, 6.07) is 16.9. The van der Waals surface area contributed by atoms with Crippen molar-refractivity contribution in [3.63, 3.8) is 0 Å². The minimum Gasteiger partial charge on any atom is -0.494 e. The highest BCUT2D eigenvalue weighted by molar-refractivity contribution is 5.95. The SMILES string of the molecule is CC(C)(CCN)NC(=O)c1ccc(-c2nnc(CCCCOc3ccccc3)o2)cc1. The second-order valence-corrected chi connectivity index (χ2v) is 8.07. The average Bonchev–Trinajstić information content (AvgIpc) is 3.23. The molecule has 1 amide bonds. The van der Waals surface area contributed by atoms with Crippen LogP contribution in [-0.2, 0) is 6.42 Å². The first kappa shape index (κ1) is 22.5. The van der Waals surface area contributed by atoms with Gasteiger partial charge in [0.05, 0.1) is 6.61 Å². The van der Waals surface area contributed by atoms with Gasteiger partial charge >= 0.3 is 0 Å². The van der Waals surface area contributed by atoms with Gasteiger partial charge in [-0.3, -0.25) is 4.79 Å². The fraction of sp³-hybridized carbons (Fsp3) is 0.375. The Morgan fingerprint density at radius 1 is 1.06 bits per heavy atom. The van der Waals surface area contributed by atoms with Crippen LogP contribution in [0.1, 0.15) is 49.4 Å². The normalized spacial score (nSPS) is 11.3. The number of nitrogens with one attached hydrogen (secondary N) is 1. The molecule has 164 valence electrons. The lowest BCUT2D eigenvalue weighted by Crippen LogP contribution is -2.44. The second kappa shape index (κ2) is 10.7. The molecule has 7 heteroatoms. The molecule has 7 nitrogen and oxygen atoms in total. The van der Waals surface area contributed by atoms with Crippen molar-refractivity contribution in [2.24, 2.45) is 5.73 Å². The molecular weight excluding hydrogens is 392 g/mol. The molecule has 0 saturated carbocycles. The maximum absolute atomic E-state index is 12.4. The predicted octanol–water partition coefficient (Wildman–Crippen LogP) is 4.00. The number of carbonyl (C=O) groups is 1. The molecule has 0 atom stereocenters. The summed E-state index contributed by atoms with van der Waals surface area (Å²) in [5, 5.41) is 11.3. The number of benzene rings is 2. The van der Waals surface area contributed by atoms with Crippen molar-refractivity contribution in [2.75, 3.05) is 13.2 Å². The number of hydrogen-bond acceptors (Lipinski definition) is 6. The molecule has 1 heterocycles. The Morgan fingerprint density at radius 2 is 1.81 bits per heavy atom. The Labute approximate surface area is 183 Å². The van der Waals surface area contributed by atoms with Crippen molar-refractivity contribution in [1.82, 2.24) is 15.5 Å². The number of rotatable bonds is 11. The first-order valence-electron chi connectivity index (χ1n) is 10.6. The average molecular weight is 423 g/mol. The van der Waals surface area contributed by atoms with E-state index in [0.717, 1.165) is 24.2 Å². The minimum atomic E-state index is -0.349. The van der Waals surface area contributed by atoms with Gasteiger partial charge in [0.15, 0.2) is 0 Å².